The maximum Gasteiger partial charge on any atom is 0.407 e. The van der Waals surface area contributed by atoms with Crippen molar-refractivity contribution >= 4 is 35.6 Å². The van der Waals surface area contributed by atoms with Crippen molar-refractivity contribution < 1.29 is 33.5 Å². The minimum absolute atomic E-state index is 0.0250. The van der Waals surface area contributed by atoms with E-state index in [1.807, 2.05) is 13.8 Å². The van der Waals surface area contributed by atoms with Gasteiger partial charge in [0.15, 0.2) is 0 Å². The van der Waals surface area contributed by atoms with E-state index in [9.17, 15) is 28.8 Å². The molecule has 2 saturated carbocycles. The summed E-state index contributed by atoms with van der Waals surface area (Å²) in [6, 6.07) is -3.84. The number of ketones is 1. The van der Waals surface area contributed by atoms with Gasteiger partial charge in [0.25, 0.3) is 5.91 Å². The van der Waals surface area contributed by atoms with Crippen molar-refractivity contribution in [2.24, 2.45) is 28.9 Å². The van der Waals surface area contributed by atoms with Gasteiger partial charge >= 0.3 is 12.1 Å². The van der Waals surface area contributed by atoms with E-state index in [1.54, 1.807) is 41.5 Å². The number of ether oxygens (including phenoxy) is 1. The number of carbonyl (C=O) groups excluding carboxylic acids is 6. The Balaban J connectivity index is 1.82. The third-order valence-electron chi connectivity index (χ3n) is 8.37. The fourth-order valence-corrected chi connectivity index (χ4v) is 5.97. The molecule has 6 N–H and O–H groups in total. The first-order valence-corrected chi connectivity index (χ1v) is 14.7. The quantitative estimate of drug-likeness (QED) is 0.235. The van der Waals surface area contributed by atoms with Gasteiger partial charge in [-0.25, -0.2) is 9.59 Å². The molecule has 0 aromatic carbocycles. The Morgan fingerprint density at radius 1 is 0.976 bits per heavy atom. The minimum Gasteiger partial charge on any atom is -0.444 e. The number of urea groups is 1. The van der Waals surface area contributed by atoms with Crippen LogP contribution < -0.4 is 27.0 Å². The van der Waals surface area contributed by atoms with E-state index in [1.165, 1.54) is 4.90 Å². The summed E-state index contributed by atoms with van der Waals surface area (Å²) in [6.07, 6.45) is 2.37. The molecule has 3 fully saturated rings. The van der Waals surface area contributed by atoms with Gasteiger partial charge in [-0.1, -0.05) is 33.1 Å². The van der Waals surface area contributed by atoms with E-state index >= 15 is 0 Å². The van der Waals surface area contributed by atoms with Gasteiger partial charge in [0.2, 0.25) is 17.6 Å². The van der Waals surface area contributed by atoms with Gasteiger partial charge in [0, 0.05) is 12.1 Å². The first-order chi connectivity index (χ1) is 19.2. The van der Waals surface area contributed by atoms with Crippen molar-refractivity contribution in [3.63, 3.8) is 0 Å². The predicted molar refractivity (Wildman–Crippen MR) is 154 cm³/mol. The fourth-order valence-electron chi connectivity index (χ4n) is 5.97. The lowest BCUT2D eigenvalue weighted by Crippen LogP contribution is -2.61. The van der Waals surface area contributed by atoms with Gasteiger partial charge in [-0.2, -0.15) is 0 Å². The summed E-state index contributed by atoms with van der Waals surface area (Å²) in [7, 11) is 0. The van der Waals surface area contributed by atoms with Crippen LogP contribution in [0.15, 0.2) is 0 Å². The lowest BCUT2D eigenvalue weighted by atomic mass is 9.80. The number of primary amides is 1. The van der Waals surface area contributed by atoms with Crippen molar-refractivity contribution in [3.05, 3.63) is 0 Å². The molecule has 0 aromatic heterocycles. The molecule has 3 rings (SSSR count). The molecule has 5 atom stereocenters. The topological polar surface area (TPSA) is 189 Å². The van der Waals surface area contributed by atoms with Gasteiger partial charge in [0.1, 0.15) is 17.7 Å². The molecule has 3 aliphatic rings. The second-order valence-electron chi connectivity index (χ2n) is 14.5. The van der Waals surface area contributed by atoms with Gasteiger partial charge in [-0.05, 0) is 71.1 Å². The Kier molecular flexibility index (Phi) is 9.53. The Morgan fingerprint density at radius 2 is 1.60 bits per heavy atom. The van der Waals surface area contributed by atoms with Crippen molar-refractivity contribution in [3.8, 4) is 0 Å². The maximum absolute atomic E-state index is 14.0. The molecular formula is C29H48N6O7. The summed E-state index contributed by atoms with van der Waals surface area (Å²) in [6.45, 7) is 14.5. The van der Waals surface area contributed by atoms with Crippen LogP contribution in [0.2, 0.25) is 0 Å². The first-order valence-electron chi connectivity index (χ1n) is 14.7. The average molecular weight is 593 g/mol. The number of nitrogens with one attached hydrogen (secondary N) is 4. The first kappa shape index (κ1) is 33.1. The number of fused-ring (bicyclic) bond motifs is 1. The Labute approximate surface area is 247 Å². The van der Waals surface area contributed by atoms with Crippen molar-refractivity contribution in [2.75, 3.05) is 13.1 Å². The molecule has 0 spiro atoms. The van der Waals surface area contributed by atoms with Gasteiger partial charge in [-0.3, -0.25) is 19.2 Å². The highest BCUT2D eigenvalue weighted by Gasteiger charge is 2.69. The number of amides is 6. The van der Waals surface area contributed by atoms with E-state index in [0.717, 1.165) is 19.3 Å². The van der Waals surface area contributed by atoms with E-state index in [2.05, 4.69) is 21.3 Å². The molecule has 42 heavy (non-hydrogen) atoms. The molecule has 3 unspecified atom stereocenters. The molecule has 0 radical (unpaired) electrons. The van der Waals surface area contributed by atoms with Crippen molar-refractivity contribution in [2.45, 2.75) is 110 Å². The highest BCUT2D eigenvalue weighted by molar-refractivity contribution is 6.37. The molecule has 2 aliphatic carbocycles. The molecule has 1 saturated heterocycles. The second kappa shape index (κ2) is 12.1. The van der Waals surface area contributed by atoms with Crippen molar-refractivity contribution in [1.29, 1.82) is 0 Å². The van der Waals surface area contributed by atoms with Crippen LogP contribution in [0.4, 0.5) is 9.59 Å². The van der Waals surface area contributed by atoms with Gasteiger partial charge in [0.05, 0.1) is 12.6 Å². The lowest BCUT2D eigenvalue weighted by molar-refractivity contribution is -0.143. The van der Waals surface area contributed by atoms with Crippen LogP contribution in [0.1, 0.15) is 81.1 Å². The Bertz CT molecular complexity index is 1100. The lowest BCUT2D eigenvalue weighted by Gasteiger charge is -2.35. The normalized spacial score (nSPS) is 24.3. The maximum atomic E-state index is 14.0. The van der Waals surface area contributed by atoms with E-state index in [0.29, 0.717) is 6.42 Å². The zero-order chi connectivity index (χ0) is 31.8. The summed E-state index contributed by atoms with van der Waals surface area (Å²) in [5.74, 6) is -3.04. The molecule has 1 heterocycles. The number of carbonyl (C=O) groups is 6. The zero-order valence-corrected chi connectivity index (χ0v) is 26.1. The summed E-state index contributed by atoms with van der Waals surface area (Å²) < 4.78 is 5.28. The Hall–Kier alpha value is -3.38. The summed E-state index contributed by atoms with van der Waals surface area (Å²) in [5, 5.41) is 10.6. The molecule has 236 valence electrons. The standard InChI is InChI=1S/C29H48N6O7/c1-27(2,3)34-25(40)33-18(13-31-26(41)42-28(4,5)6)24(39)35-14-16-19(29(16,7)8)20(35)23(38)32-17(21(36)22(30)37)12-15-10-9-11-15/h15-20H,9-14H2,1-8H3,(H2,30,37)(H,31,41)(H,32,38)(H2,33,34,40)/t16?,17?,18-,19-,20?/m0/s1. The van der Waals surface area contributed by atoms with Gasteiger partial charge < -0.3 is 36.6 Å². The van der Waals surface area contributed by atoms with E-state index in [4.69, 9.17) is 10.5 Å². The number of rotatable bonds is 10. The number of likely N-dealkylation sites (tertiary alicyclic amines) is 1. The summed E-state index contributed by atoms with van der Waals surface area (Å²) in [5.41, 5.74) is 3.69. The fraction of sp³-hybridized carbons (Fsp3) is 0.793. The number of Topliss-reactive ketones (excluding diaryl/α,β-unsaturated/α-hetero) is 1. The van der Waals surface area contributed by atoms with Crippen LogP contribution >= 0.6 is 0 Å². The monoisotopic (exact) mass is 592 g/mol. The van der Waals surface area contributed by atoms with Gasteiger partial charge in [-0.15, -0.1) is 0 Å². The third-order valence-corrected chi connectivity index (χ3v) is 8.37. The largest absolute Gasteiger partial charge is 0.444 e. The number of nitrogens with two attached hydrogens (primary N) is 1. The summed E-state index contributed by atoms with van der Waals surface area (Å²) >= 11 is 0. The Morgan fingerprint density at radius 3 is 2.10 bits per heavy atom. The molecule has 13 heteroatoms. The number of hydrogen-bond donors (Lipinski definition) is 5. The number of piperidine rings is 1. The smallest absolute Gasteiger partial charge is 0.407 e. The third kappa shape index (κ3) is 8.13. The molecule has 0 aromatic rings. The minimum atomic E-state index is -1.21. The number of alkyl carbamates (subject to hydrolysis) is 1. The number of hydrogen-bond acceptors (Lipinski definition) is 7. The van der Waals surface area contributed by atoms with Crippen LogP contribution in [0.5, 0.6) is 0 Å². The zero-order valence-electron chi connectivity index (χ0n) is 26.1. The SMILES string of the molecule is CC(C)(C)NC(=O)N[C@@H](CNC(=O)OC(C)(C)C)C(=O)N1CC2[C@@H](C1C(=O)NC(CC1CCC1)C(=O)C(N)=O)C2(C)C. The average Bonchev–Trinajstić information content (AvgIpc) is 3.12. The highest BCUT2D eigenvalue weighted by atomic mass is 16.6. The van der Waals surface area contributed by atoms with Crippen molar-refractivity contribution in [1.82, 2.24) is 26.2 Å². The van der Waals surface area contributed by atoms with E-state index < -0.39 is 64.9 Å². The molecule has 13 nitrogen and oxygen atoms in total. The molecule has 6 amide bonds. The van der Waals surface area contributed by atoms with Crippen LogP contribution in [0.25, 0.3) is 0 Å². The van der Waals surface area contributed by atoms with Crippen LogP contribution in [0, 0.1) is 23.2 Å². The molecule has 0 bridgehead atoms. The van der Waals surface area contributed by atoms with Crippen LogP contribution in [0.3, 0.4) is 0 Å². The van der Waals surface area contributed by atoms with E-state index in [-0.39, 0.29) is 36.3 Å². The predicted octanol–water partition coefficient (Wildman–Crippen LogP) is 1.19. The summed E-state index contributed by atoms with van der Waals surface area (Å²) in [4.78, 5) is 78.7. The molecular weight excluding hydrogens is 544 g/mol. The highest BCUT2D eigenvalue weighted by Crippen LogP contribution is 2.64. The number of nitrogens with zero attached hydrogens (tertiary/aromatic N) is 1. The van der Waals surface area contributed by atoms with Crippen LogP contribution in [-0.4, -0.2) is 82.9 Å². The van der Waals surface area contributed by atoms with Crippen LogP contribution in [-0.2, 0) is 23.9 Å². The molecule has 1 aliphatic heterocycles. The second-order valence-corrected chi connectivity index (χ2v) is 14.5.